The fourth-order valence-electron chi connectivity index (χ4n) is 4.38. The Kier molecular flexibility index (Phi) is 3.97. The van der Waals surface area contributed by atoms with E-state index in [1.165, 1.54) is 0 Å². The summed E-state index contributed by atoms with van der Waals surface area (Å²) in [5.74, 6) is 1.67. The Labute approximate surface area is 177 Å². The summed E-state index contributed by atoms with van der Waals surface area (Å²) < 4.78 is 7.44. The molecular weight excluding hydrogens is 392 g/mol. The predicted molar refractivity (Wildman–Crippen MR) is 120 cm³/mol. The van der Waals surface area contributed by atoms with Crippen LogP contribution in [-0.2, 0) is 4.74 Å². The fraction of sp³-hybridized carbons (Fsp3) is 0.227. The van der Waals surface area contributed by atoms with Crippen LogP contribution >= 0.6 is 0 Å². The normalized spacial score (nSPS) is 17.1. The van der Waals surface area contributed by atoms with Crippen LogP contribution in [0.3, 0.4) is 0 Å². The van der Waals surface area contributed by atoms with E-state index < -0.39 is 0 Å². The Bertz CT molecular complexity index is 1380. The summed E-state index contributed by atoms with van der Waals surface area (Å²) in [7, 11) is 0. The molecule has 6 rings (SSSR count). The van der Waals surface area contributed by atoms with Crippen LogP contribution in [0.5, 0.6) is 0 Å². The highest BCUT2D eigenvalue weighted by Crippen LogP contribution is 2.38. The van der Waals surface area contributed by atoms with Gasteiger partial charge in [-0.1, -0.05) is 6.07 Å². The minimum atomic E-state index is 0.230. The Balaban J connectivity index is 1.64. The molecular formula is C22H22N8O. The largest absolute Gasteiger partial charge is 0.397 e. The number of hydrogen-bond acceptors (Lipinski definition) is 6. The number of aromatic amines is 2. The second-order valence-corrected chi connectivity index (χ2v) is 7.85. The van der Waals surface area contributed by atoms with Crippen molar-refractivity contribution in [2.45, 2.75) is 13.0 Å². The van der Waals surface area contributed by atoms with E-state index >= 15 is 0 Å². The van der Waals surface area contributed by atoms with Crippen molar-refractivity contribution in [1.82, 2.24) is 29.9 Å². The number of ether oxygens (including phenoxy) is 1. The number of aromatic nitrogens is 6. The predicted octanol–water partition coefficient (Wildman–Crippen LogP) is 3.10. The molecule has 1 aromatic carbocycles. The highest BCUT2D eigenvalue weighted by molar-refractivity contribution is 6.07. The number of nitrogens with two attached hydrogens (primary N) is 1. The number of anilines is 2. The van der Waals surface area contributed by atoms with Crippen molar-refractivity contribution in [1.29, 1.82) is 0 Å². The standard InChI is InChI=1S/C22H22N8O/c1-13-12-31-9-8-29(13)20-10-16(14-2-3-18(23)21-15(14)4-6-24-21)17-11-26-30(22(17)27-20)19-5-7-25-28-19/h2-7,10-11,13,24H,8-9,12,23H2,1H3,(H,25,28)/t13-/m1/s1. The van der Waals surface area contributed by atoms with E-state index in [1.54, 1.807) is 10.9 Å². The Hall–Kier alpha value is -3.85. The zero-order valence-corrected chi connectivity index (χ0v) is 17.0. The van der Waals surface area contributed by atoms with E-state index in [9.17, 15) is 0 Å². The molecule has 0 saturated carbocycles. The van der Waals surface area contributed by atoms with Crippen LogP contribution in [0.2, 0.25) is 0 Å². The average molecular weight is 414 g/mol. The van der Waals surface area contributed by atoms with E-state index in [0.717, 1.165) is 56.9 Å². The number of H-pyrrole nitrogens is 2. The van der Waals surface area contributed by atoms with Gasteiger partial charge in [0.05, 0.1) is 42.9 Å². The zero-order chi connectivity index (χ0) is 20.9. The molecule has 9 heteroatoms. The maximum atomic E-state index is 6.20. The first kappa shape index (κ1) is 18.0. The topological polar surface area (TPSA) is 114 Å². The van der Waals surface area contributed by atoms with Crippen molar-refractivity contribution < 1.29 is 4.74 Å². The van der Waals surface area contributed by atoms with Gasteiger partial charge in [0.15, 0.2) is 11.5 Å². The molecule has 0 amide bonds. The second-order valence-electron chi connectivity index (χ2n) is 7.85. The van der Waals surface area contributed by atoms with Crippen LogP contribution in [0.15, 0.2) is 48.9 Å². The summed E-state index contributed by atoms with van der Waals surface area (Å²) in [5, 5.41) is 13.7. The summed E-state index contributed by atoms with van der Waals surface area (Å²) in [5.41, 5.74) is 10.8. The monoisotopic (exact) mass is 414 g/mol. The van der Waals surface area contributed by atoms with Crippen molar-refractivity contribution in [3.05, 3.63) is 48.9 Å². The third-order valence-electron chi connectivity index (χ3n) is 5.95. The lowest BCUT2D eigenvalue weighted by Crippen LogP contribution is -2.44. The van der Waals surface area contributed by atoms with Crippen LogP contribution in [0.4, 0.5) is 11.5 Å². The van der Waals surface area contributed by atoms with Crippen LogP contribution in [0.25, 0.3) is 38.9 Å². The third-order valence-corrected chi connectivity index (χ3v) is 5.95. The summed E-state index contributed by atoms with van der Waals surface area (Å²) in [6.45, 7) is 4.31. The van der Waals surface area contributed by atoms with E-state index in [0.29, 0.717) is 13.2 Å². The molecule has 0 spiro atoms. The summed E-state index contributed by atoms with van der Waals surface area (Å²) in [4.78, 5) is 10.6. The van der Waals surface area contributed by atoms with Crippen molar-refractivity contribution in [3.63, 3.8) is 0 Å². The molecule has 1 fully saturated rings. The van der Waals surface area contributed by atoms with Gasteiger partial charge < -0.3 is 20.4 Å². The van der Waals surface area contributed by atoms with E-state index in [4.69, 9.17) is 15.5 Å². The van der Waals surface area contributed by atoms with Gasteiger partial charge in [-0.3, -0.25) is 5.10 Å². The maximum absolute atomic E-state index is 6.20. The van der Waals surface area contributed by atoms with Crippen LogP contribution in [-0.4, -0.2) is 55.7 Å². The molecule has 1 saturated heterocycles. The number of fused-ring (bicyclic) bond motifs is 2. The number of morpholine rings is 1. The van der Waals surface area contributed by atoms with Gasteiger partial charge in [0.2, 0.25) is 0 Å². The lowest BCUT2D eigenvalue weighted by molar-refractivity contribution is 0.0986. The molecule has 0 unspecified atom stereocenters. The summed E-state index contributed by atoms with van der Waals surface area (Å²) in [6, 6.07) is 10.3. The molecule has 0 bridgehead atoms. The van der Waals surface area contributed by atoms with Gasteiger partial charge in [-0.25, -0.2) is 4.98 Å². The van der Waals surface area contributed by atoms with Gasteiger partial charge in [0.1, 0.15) is 5.82 Å². The lowest BCUT2D eigenvalue weighted by atomic mass is 9.99. The summed E-state index contributed by atoms with van der Waals surface area (Å²) >= 11 is 0. The smallest absolute Gasteiger partial charge is 0.167 e. The van der Waals surface area contributed by atoms with Crippen molar-refractivity contribution >= 4 is 33.4 Å². The van der Waals surface area contributed by atoms with E-state index in [-0.39, 0.29) is 6.04 Å². The number of nitrogens with zero attached hydrogens (tertiary/aromatic N) is 5. The lowest BCUT2D eigenvalue weighted by Gasteiger charge is -2.34. The van der Waals surface area contributed by atoms with Gasteiger partial charge in [-0.05, 0) is 36.2 Å². The zero-order valence-electron chi connectivity index (χ0n) is 17.0. The molecule has 156 valence electrons. The Morgan fingerprint density at radius 2 is 2.10 bits per heavy atom. The number of benzene rings is 1. The first-order valence-electron chi connectivity index (χ1n) is 10.3. The van der Waals surface area contributed by atoms with Gasteiger partial charge in [-0.2, -0.15) is 14.9 Å². The molecule has 4 N–H and O–H groups in total. The molecule has 0 radical (unpaired) electrons. The first-order valence-corrected chi connectivity index (χ1v) is 10.3. The fourth-order valence-corrected chi connectivity index (χ4v) is 4.38. The van der Waals surface area contributed by atoms with Gasteiger partial charge in [0, 0.05) is 29.6 Å². The Morgan fingerprint density at radius 3 is 2.94 bits per heavy atom. The molecule has 1 aliphatic rings. The summed E-state index contributed by atoms with van der Waals surface area (Å²) in [6.07, 6.45) is 5.49. The van der Waals surface area contributed by atoms with Crippen LogP contribution in [0.1, 0.15) is 6.92 Å². The minimum Gasteiger partial charge on any atom is -0.397 e. The van der Waals surface area contributed by atoms with Crippen molar-refractivity contribution in [3.8, 4) is 16.9 Å². The van der Waals surface area contributed by atoms with Gasteiger partial charge in [-0.15, -0.1) is 0 Å². The Morgan fingerprint density at radius 1 is 1.16 bits per heavy atom. The van der Waals surface area contributed by atoms with E-state index in [2.05, 4.69) is 50.3 Å². The van der Waals surface area contributed by atoms with Crippen molar-refractivity contribution in [2.24, 2.45) is 0 Å². The average Bonchev–Trinajstić information content (AvgIpc) is 3.54. The quantitative estimate of drug-likeness (QED) is 0.391. The van der Waals surface area contributed by atoms with Crippen LogP contribution < -0.4 is 10.6 Å². The molecule has 4 aromatic heterocycles. The molecule has 5 aromatic rings. The maximum Gasteiger partial charge on any atom is 0.167 e. The van der Waals surface area contributed by atoms with Gasteiger partial charge in [0.25, 0.3) is 0 Å². The molecule has 31 heavy (non-hydrogen) atoms. The third kappa shape index (κ3) is 2.77. The molecule has 0 aliphatic carbocycles. The number of hydrogen-bond donors (Lipinski definition) is 3. The van der Waals surface area contributed by atoms with E-state index in [1.807, 2.05) is 24.5 Å². The second kappa shape index (κ2) is 6.85. The molecule has 5 heterocycles. The highest BCUT2D eigenvalue weighted by atomic mass is 16.5. The molecule has 1 aliphatic heterocycles. The number of nitrogens with one attached hydrogen (secondary N) is 2. The van der Waals surface area contributed by atoms with Crippen molar-refractivity contribution in [2.75, 3.05) is 30.4 Å². The SMILES string of the molecule is C[C@@H]1COCCN1c1cc(-c2ccc(N)c3[nH]ccc23)c2cnn(-c3ccn[nH]3)c2n1. The van der Waals surface area contributed by atoms with Gasteiger partial charge >= 0.3 is 0 Å². The molecule has 1 atom stereocenters. The number of pyridine rings is 1. The number of rotatable bonds is 3. The highest BCUT2D eigenvalue weighted by Gasteiger charge is 2.24. The molecule has 9 nitrogen and oxygen atoms in total. The number of nitrogen functional groups attached to an aromatic ring is 1. The minimum absolute atomic E-state index is 0.230. The first-order chi connectivity index (χ1) is 15.2. The van der Waals surface area contributed by atoms with Crippen LogP contribution in [0, 0.1) is 0 Å².